The lowest BCUT2D eigenvalue weighted by atomic mass is 9.88. The molecule has 0 amide bonds. The minimum atomic E-state index is -0.561. The molecule has 62 heavy (non-hydrogen) atoms. The Morgan fingerprint density at radius 1 is 0.645 bits per heavy atom. The molecule has 0 saturated heterocycles. The topological polar surface area (TPSA) is 53.2 Å². The average Bonchev–Trinajstić information content (AvgIpc) is 4.04. The van der Waals surface area contributed by atoms with Gasteiger partial charge in [-0.05, 0) is 89.2 Å². The first kappa shape index (κ1) is 28.9. The van der Waals surface area contributed by atoms with Crippen LogP contribution in [-0.4, -0.2) is 23.5 Å². The van der Waals surface area contributed by atoms with Crippen molar-refractivity contribution in [3.8, 4) is 50.9 Å². The number of ether oxygens (including phenoxy) is 1. The molecule has 11 rings (SSSR count). The van der Waals surface area contributed by atoms with Crippen molar-refractivity contribution in [1.82, 2.24) is 23.5 Å². The Bertz CT molecular complexity index is 3920. The van der Waals surface area contributed by atoms with Gasteiger partial charge in [0.25, 0.3) is 6.33 Å². The molecule has 0 unspecified atom stereocenters. The molecule has 7 nitrogen and oxygen atoms in total. The van der Waals surface area contributed by atoms with E-state index in [0.717, 1.165) is 44.8 Å². The summed E-state index contributed by atoms with van der Waals surface area (Å²) in [7, 11) is 0. The second kappa shape index (κ2) is 15.2. The Hall–Kier alpha value is -7.48. The number of aryl methyl sites for hydroxylation is 1. The zero-order valence-corrected chi connectivity index (χ0v) is 34.8. The second-order valence-corrected chi connectivity index (χ2v) is 16.0. The van der Waals surface area contributed by atoms with Gasteiger partial charge in [0.2, 0.25) is 5.78 Å². The summed E-state index contributed by atoms with van der Waals surface area (Å²) in [5.41, 5.74) is 8.07. The molecule has 0 atom stereocenters. The number of halogens is 1. The van der Waals surface area contributed by atoms with E-state index in [1.54, 1.807) is 29.1 Å². The quantitative estimate of drug-likeness (QED) is 0.150. The van der Waals surface area contributed by atoms with Crippen LogP contribution in [0.15, 0.2) is 188 Å². The summed E-state index contributed by atoms with van der Waals surface area (Å²) in [6.07, 6.45) is 3.60. The molecular weight excluding hydrogens is 784 g/mol. The molecule has 8 heteroatoms. The average molecular weight is 837 g/mol. The van der Waals surface area contributed by atoms with Crippen LogP contribution in [0.3, 0.4) is 0 Å². The maximum atomic E-state index is 9.03. The summed E-state index contributed by atoms with van der Waals surface area (Å²) >= 11 is 0. The van der Waals surface area contributed by atoms with Crippen molar-refractivity contribution < 1.29 is 35.4 Å². The molecule has 0 aliphatic carbocycles. The number of imidazole rings is 3. The normalized spacial score (nSPS) is 14.0. The largest absolute Gasteiger partial charge is 1.00 e. The molecule has 4 heterocycles. The minimum Gasteiger partial charge on any atom is -1.00 e. The highest BCUT2D eigenvalue weighted by Crippen LogP contribution is 2.37. The van der Waals surface area contributed by atoms with Gasteiger partial charge < -0.3 is 17.1 Å². The van der Waals surface area contributed by atoms with Gasteiger partial charge >= 0.3 is 0 Å². The number of nitrogens with zero attached hydrogens (tertiary/aromatic N) is 6. The van der Waals surface area contributed by atoms with Gasteiger partial charge in [-0.15, -0.1) is 0 Å². The van der Waals surface area contributed by atoms with Gasteiger partial charge in [0, 0.05) is 29.5 Å². The maximum Gasteiger partial charge on any atom is 0.255 e. The molecule has 0 aliphatic heterocycles. The van der Waals surface area contributed by atoms with Crippen molar-refractivity contribution in [2.24, 2.45) is 0 Å². The lowest BCUT2D eigenvalue weighted by molar-refractivity contribution is -0.566. The summed E-state index contributed by atoms with van der Waals surface area (Å²) in [6.45, 7) is 8.57. The summed E-state index contributed by atoms with van der Waals surface area (Å²) in [4.78, 5) is 10.0. The molecule has 11 aromatic rings. The van der Waals surface area contributed by atoms with Crippen LogP contribution in [0.2, 0.25) is 0 Å². The standard InChI is InChI=1S/C54H43N6O.ClH/c1-36-16-13-27-48-51(36)56-53-59(48)47-29-28-42(34-49(47)60(53)50-32-39(30-31-55-50)54(2,3)4)61-41-22-14-21-40(33-41)57-35-58(46-26-12-11-25-45(46)57)52-43(37-17-7-5-8-18-37)23-15-24-44(52)38-19-9-6-10-20-38;/h5-35H,1-4H3;1H/q+1;/p-1/i5D,6D,7D,8D,9D,10D,17D,18D,19D,20D;. The monoisotopic (exact) mass is 836 g/mol. The third kappa shape index (κ3) is 6.49. The first-order valence-corrected chi connectivity index (χ1v) is 19.9. The van der Waals surface area contributed by atoms with Crippen LogP contribution < -0.4 is 21.7 Å². The number of fused-ring (bicyclic) bond motifs is 6. The van der Waals surface area contributed by atoms with Gasteiger partial charge in [-0.1, -0.05) is 130 Å². The maximum absolute atomic E-state index is 9.03. The van der Waals surface area contributed by atoms with Crippen molar-refractivity contribution in [1.29, 1.82) is 0 Å². The van der Waals surface area contributed by atoms with Crippen LogP contribution in [0.4, 0.5) is 0 Å². The van der Waals surface area contributed by atoms with E-state index >= 15 is 0 Å². The molecule has 302 valence electrons. The molecule has 0 radical (unpaired) electrons. The Kier molecular flexibility index (Phi) is 7.09. The third-order valence-electron chi connectivity index (χ3n) is 11.1. The fraction of sp³-hybridized carbons (Fsp3) is 0.0926. The van der Waals surface area contributed by atoms with E-state index in [9.17, 15) is 0 Å². The van der Waals surface area contributed by atoms with Crippen LogP contribution in [-0.2, 0) is 5.41 Å². The first-order chi connectivity index (χ1) is 33.9. The van der Waals surface area contributed by atoms with Gasteiger partial charge in [0.05, 0.1) is 35.8 Å². The molecule has 0 bridgehead atoms. The second-order valence-electron chi connectivity index (χ2n) is 16.0. The fourth-order valence-electron chi connectivity index (χ4n) is 8.19. The van der Waals surface area contributed by atoms with E-state index in [0.29, 0.717) is 28.2 Å². The predicted molar refractivity (Wildman–Crippen MR) is 247 cm³/mol. The van der Waals surface area contributed by atoms with Gasteiger partial charge in [-0.2, -0.15) is 9.13 Å². The molecule has 0 aliphatic rings. The van der Waals surface area contributed by atoms with Gasteiger partial charge in [-0.3, -0.25) is 8.97 Å². The molecule has 7 aromatic carbocycles. The number of hydrogen-bond acceptors (Lipinski definition) is 3. The summed E-state index contributed by atoms with van der Waals surface area (Å²) in [5.74, 6) is 2.52. The van der Waals surface area contributed by atoms with E-state index in [1.807, 2.05) is 89.6 Å². The summed E-state index contributed by atoms with van der Waals surface area (Å²) in [5, 5.41) is 0. The van der Waals surface area contributed by atoms with Gasteiger partial charge in [0.15, 0.2) is 11.0 Å². The Morgan fingerprint density at radius 2 is 1.32 bits per heavy atom. The van der Waals surface area contributed by atoms with Gasteiger partial charge in [-0.25, -0.2) is 9.97 Å². The predicted octanol–water partition coefficient (Wildman–Crippen LogP) is 9.78. The highest BCUT2D eigenvalue weighted by Gasteiger charge is 2.26. The number of rotatable bonds is 7. The smallest absolute Gasteiger partial charge is 0.255 e. The Labute approximate surface area is 380 Å². The van der Waals surface area contributed by atoms with E-state index in [2.05, 4.69) is 54.9 Å². The lowest BCUT2D eigenvalue weighted by Crippen LogP contribution is -3.00. The third-order valence-corrected chi connectivity index (χ3v) is 11.1. The Morgan fingerprint density at radius 3 is 2.06 bits per heavy atom. The lowest BCUT2D eigenvalue weighted by Gasteiger charge is -2.19. The number of para-hydroxylation sites is 4. The van der Waals surface area contributed by atoms with E-state index < -0.39 is 60.4 Å². The zero-order chi connectivity index (χ0) is 49.9. The van der Waals surface area contributed by atoms with Crippen LogP contribution in [0.1, 0.15) is 45.6 Å². The minimum absolute atomic E-state index is 0. The number of hydrogen-bond donors (Lipinski definition) is 0. The van der Waals surface area contributed by atoms with Crippen molar-refractivity contribution in [3.05, 3.63) is 199 Å². The summed E-state index contributed by atoms with van der Waals surface area (Å²) in [6, 6.07) is 30.9. The number of aromatic nitrogens is 6. The highest BCUT2D eigenvalue weighted by atomic mass is 35.5. The molecule has 0 N–H and O–H groups in total. The summed E-state index contributed by atoms with van der Waals surface area (Å²) < 4.78 is 102. The molecule has 4 aromatic heterocycles. The molecule has 0 fully saturated rings. The van der Waals surface area contributed by atoms with Crippen LogP contribution >= 0.6 is 0 Å². The first-order valence-electron chi connectivity index (χ1n) is 24.9. The van der Waals surface area contributed by atoms with E-state index in [4.69, 9.17) is 28.4 Å². The van der Waals surface area contributed by atoms with Crippen LogP contribution in [0.25, 0.3) is 78.3 Å². The SMILES string of the molecule is [2H]c1c([2H])c([2H])c(-c2cccc(-c3c([2H])c([2H])c([2H])c([2H])c3[2H])c2-[n+]2cn(-c3cccc(Oc4ccc5c(c4)n(-c4cc(C(C)(C)C)ccn4)c4nc6c(C)cccc6n54)c3)c3ccccc32)c([2H])c1[2H].[Cl-]. The number of benzene rings is 7. The van der Waals surface area contributed by atoms with Crippen molar-refractivity contribution in [3.63, 3.8) is 0 Å². The fourth-order valence-corrected chi connectivity index (χ4v) is 8.19. The van der Waals surface area contributed by atoms with Crippen LogP contribution in [0.5, 0.6) is 11.5 Å². The van der Waals surface area contributed by atoms with Crippen molar-refractivity contribution >= 4 is 38.9 Å². The highest BCUT2D eigenvalue weighted by molar-refractivity contribution is 5.93. The van der Waals surface area contributed by atoms with Gasteiger partial charge in [0.1, 0.15) is 28.7 Å². The van der Waals surface area contributed by atoms with E-state index in [1.165, 1.54) is 0 Å². The number of pyridine rings is 1. The Balaban J connectivity index is 0.00000596. The van der Waals surface area contributed by atoms with Crippen molar-refractivity contribution in [2.75, 3.05) is 0 Å². The van der Waals surface area contributed by atoms with E-state index in [-0.39, 0.29) is 45.8 Å². The zero-order valence-electron chi connectivity index (χ0n) is 44.1. The molecule has 0 saturated carbocycles. The molecular formula is C54H43ClN6O. The van der Waals surface area contributed by atoms with Crippen LogP contribution in [0, 0.1) is 6.92 Å². The van der Waals surface area contributed by atoms with Crippen molar-refractivity contribution in [2.45, 2.75) is 33.1 Å². The molecule has 0 spiro atoms.